The smallest absolute Gasteiger partial charge is 0.0716 e. The molecular formula is C32H28. The number of fused-ring (bicyclic) bond motifs is 2. The van der Waals surface area contributed by atoms with Crippen LogP contribution < -0.4 is 0 Å². The van der Waals surface area contributed by atoms with Crippen molar-refractivity contribution in [3.05, 3.63) is 150 Å². The first kappa shape index (κ1) is 20.3. The normalized spacial score (nSPS) is 21.8. The molecule has 0 spiro atoms. The van der Waals surface area contributed by atoms with Gasteiger partial charge in [-0.1, -0.05) is 129 Å². The fourth-order valence-corrected chi connectivity index (χ4v) is 5.70. The Hall–Kier alpha value is -3.64. The molecule has 0 amide bonds. The van der Waals surface area contributed by atoms with Gasteiger partial charge in [-0.15, -0.1) is 0 Å². The Morgan fingerprint density at radius 2 is 1.56 bits per heavy atom. The van der Waals surface area contributed by atoms with Crippen molar-refractivity contribution in [2.75, 3.05) is 0 Å². The van der Waals surface area contributed by atoms with E-state index < -0.39 is 5.41 Å². The minimum absolute atomic E-state index is 0.431. The summed E-state index contributed by atoms with van der Waals surface area (Å²) in [7, 11) is 0. The fraction of sp³-hybridized carbons (Fsp3) is 0.125. The molecule has 2 atom stereocenters. The molecule has 0 radical (unpaired) electrons. The molecule has 5 rings (SSSR count). The number of hydrogen-bond acceptors (Lipinski definition) is 0. The topological polar surface area (TPSA) is 0 Å². The molecule has 32 heavy (non-hydrogen) atoms. The maximum Gasteiger partial charge on any atom is 0.0716 e. The predicted octanol–water partition coefficient (Wildman–Crippen LogP) is 8.30. The highest BCUT2D eigenvalue weighted by Gasteiger charge is 2.49. The number of allylic oxidation sites excluding steroid dienone is 8. The van der Waals surface area contributed by atoms with Crippen LogP contribution in [0, 0.1) is 5.92 Å². The summed E-state index contributed by atoms with van der Waals surface area (Å²) >= 11 is 0. The van der Waals surface area contributed by atoms with Gasteiger partial charge in [0.25, 0.3) is 0 Å². The van der Waals surface area contributed by atoms with E-state index in [4.69, 9.17) is 0 Å². The lowest BCUT2D eigenvalue weighted by Gasteiger charge is -2.37. The van der Waals surface area contributed by atoms with Crippen LogP contribution in [0.3, 0.4) is 0 Å². The molecule has 2 unspecified atom stereocenters. The summed E-state index contributed by atoms with van der Waals surface area (Å²) in [6, 6.07) is 28.4. The second-order valence-corrected chi connectivity index (χ2v) is 8.64. The first-order chi connectivity index (χ1) is 15.7. The van der Waals surface area contributed by atoms with Crippen molar-refractivity contribution < 1.29 is 0 Å². The molecular weight excluding hydrogens is 384 g/mol. The number of hydrogen-bond donors (Lipinski definition) is 0. The summed E-state index contributed by atoms with van der Waals surface area (Å²) in [5, 5.41) is 0. The van der Waals surface area contributed by atoms with E-state index in [1.54, 1.807) is 0 Å². The largest absolute Gasteiger partial charge is 0.0991 e. The minimum atomic E-state index is -0.431. The van der Waals surface area contributed by atoms with Gasteiger partial charge < -0.3 is 0 Å². The Morgan fingerprint density at radius 3 is 2.25 bits per heavy atom. The molecule has 2 aliphatic rings. The highest BCUT2D eigenvalue weighted by Crippen LogP contribution is 2.60. The zero-order valence-electron chi connectivity index (χ0n) is 18.6. The van der Waals surface area contributed by atoms with Gasteiger partial charge in [-0.05, 0) is 56.9 Å². The standard InChI is InChI=1S/C32H28/c1-4-14-25(5-2)32(26-18-10-7-11-19-26)29-22-12-15-23(3)30(29)28-21-13-20-27(31(28)32)24-16-8-6-9-17-24/h4-14,16-23H,1-2,15H2,3H3/b25-14+. The Balaban J connectivity index is 1.99. The van der Waals surface area contributed by atoms with E-state index in [1.165, 1.54) is 39.0 Å². The third-order valence-corrected chi connectivity index (χ3v) is 6.93. The predicted molar refractivity (Wildman–Crippen MR) is 137 cm³/mol. The van der Waals surface area contributed by atoms with Gasteiger partial charge >= 0.3 is 0 Å². The van der Waals surface area contributed by atoms with E-state index in [2.05, 4.69) is 117 Å². The summed E-state index contributed by atoms with van der Waals surface area (Å²) in [6.45, 7) is 10.7. The van der Waals surface area contributed by atoms with Gasteiger partial charge in [0.05, 0.1) is 5.41 Å². The molecule has 0 aromatic heterocycles. The summed E-state index contributed by atoms with van der Waals surface area (Å²) in [5.74, 6) is 0.458. The van der Waals surface area contributed by atoms with Crippen molar-refractivity contribution in [2.24, 2.45) is 5.92 Å². The van der Waals surface area contributed by atoms with Crippen molar-refractivity contribution in [1.29, 1.82) is 0 Å². The highest BCUT2D eigenvalue weighted by molar-refractivity contribution is 5.94. The van der Waals surface area contributed by atoms with Crippen LogP contribution >= 0.6 is 0 Å². The SMILES string of the molecule is C=C/C=C(\C=C)C1(c2ccccc2)C2=C(c3cccc(-c4ccccc4)c31)C(C)CC=C2. The van der Waals surface area contributed by atoms with E-state index in [9.17, 15) is 0 Å². The van der Waals surface area contributed by atoms with Gasteiger partial charge in [-0.25, -0.2) is 0 Å². The molecule has 0 bridgehead atoms. The van der Waals surface area contributed by atoms with Crippen LogP contribution in [0.15, 0.2) is 134 Å². The summed E-state index contributed by atoms with van der Waals surface area (Å²) in [6.07, 6.45) is 11.8. The van der Waals surface area contributed by atoms with Crippen molar-refractivity contribution in [1.82, 2.24) is 0 Å². The summed E-state index contributed by atoms with van der Waals surface area (Å²) < 4.78 is 0. The third-order valence-electron chi connectivity index (χ3n) is 6.93. The molecule has 0 saturated carbocycles. The summed E-state index contributed by atoms with van der Waals surface area (Å²) in [4.78, 5) is 0. The maximum absolute atomic E-state index is 4.26. The van der Waals surface area contributed by atoms with Crippen LogP contribution in [0.25, 0.3) is 16.7 Å². The van der Waals surface area contributed by atoms with Crippen molar-refractivity contribution in [3.63, 3.8) is 0 Å². The zero-order valence-corrected chi connectivity index (χ0v) is 18.6. The monoisotopic (exact) mass is 412 g/mol. The van der Waals surface area contributed by atoms with Gasteiger partial charge in [-0.2, -0.15) is 0 Å². The Bertz CT molecular complexity index is 1270. The lowest BCUT2D eigenvalue weighted by molar-refractivity contribution is 0.722. The lowest BCUT2D eigenvalue weighted by atomic mass is 9.64. The molecule has 3 aromatic carbocycles. The lowest BCUT2D eigenvalue weighted by Crippen LogP contribution is -2.31. The van der Waals surface area contributed by atoms with Crippen LogP contribution in [0.2, 0.25) is 0 Å². The minimum Gasteiger partial charge on any atom is -0.0991 e. The third kappa shape index (κ3) is 2.83. The van der Waals surface area contributed by atoms with E-state index in [0.717, 1.165) is 12.0 Å². The molecule has 0 fully saturated rings. The second kappa shape index (κ2) is 8.13. The molecule has 0 heterocycles. The molecule has 0 aliphatic heterocycles. The number of rotatable bonds is 5. The van der Waals surface area contributed by atoms with Gasteiger partial charge in [-0.3, -0.25) is 0 Å². The first-order valence-electron chi connectivity index (χ1n) is 11.3. The van der Waals surface area contributed by atoms with Crippen molar-refractivity contribution >= 4 is 5.57 Å². The molecule has 0 N–H and O–H groups in total. The second-order valence-electron chi connectivity index (χ2n) is 8.64. The maximum atomic E-state index is 4.26. The molecule has 3 aromatic rings. The van der Waals surface area contributed by atoms with Gasteiger partial charge in [0.2, 0.25) is 0 Å². The average Bonchev–Trinajstić information content (AvgIpc) is 3.16. The number of benzene rings is 3. The average molecular weight is 413 g/mol. The summed E-state index contributed by atoms with van der Waals surface area (Å²) in [5.41, 5.74) is 10.1. The Morgan fingerprint density at radius 1 is 0.875 bits per heavy atom. The molecule has 2 aliphatic carbocycles. The van der Waals surface area contributed by atoms with Crippen LogP contribution in [0.4, 0.5) is 0 Å². The van der Waals surface area contributed by atoms with E-state index in [-0.39, 0.29) is 0 Å². The Labute approximate surface area is 191 Å². The molecule has 0 saturated heterocycles. The quantitative estimate of drug-likeness (QED) is 0.370. The van der Waals surface area contributed by atoms with E-state index >= 15 is 0 Å². The van der Waals surface area contributed by atoms with Crippen LogP contribution in [0.1, 0.15) is 30.0 Å². The Kier molecular flexibility index (Phi) is 5.15. The van der Waals surface area contributed by atoms with Crippen LogP contribution in [-0.2, 0) is 5.41 Å². The van der Waals surface area contributed by atoms with Crippen LogP contribution in [-0.4, -0.2) is 0 Å². The van der Waals surface area contributed by atoms with E-state index in [0.29, 0.717) is 5.92 Å². The van der Waals surface area contributed by atoms with Gasteiger partial charge in [0.15, 0.2) is 0 Å². The van der Waals surface area contributed by atoms with E-state index in [1.807, 2.05) is 12.2 Å². The molecule has 0 heteroatoms. The van der Waals surface area contributed by atoms with Crippen LogP contribution in [0.5, 0.6) is 0 Å². The van der Waals surface area contributed by atoms with Gasteiger partial charge in [0, 0.05) is 0 Å². The molecule has 156 valence electrons. The van der Waals surface area contributed by atoms with Crippen molar-refractivity contribution in [3.8, 4) is 11.1 Å². The zero-order chi connectivity index (χ0) is 22.1. The van der Waals surface area contributed by atoms with Crippen molar-refractivity contribution in [2.45, 2.75) is 18.8 Å². The molecule has 0 nitrogen and oxygen atoms in total. The highest BCUT2D eigenvalue weighted by atomic mass is 14.5. The van der Waals surface area contributed by atoms with Gasteiger partial charge in [0.1, 0.15) is 0 Å². The fourth-order valence-electron chi connectivity index (χ4n) is 5.70. The first-order valence-corrected chi connectivity index (χ1v) is 11.3.